The van der Waals surface area contributed by atoms with Gasteiger partial charge in [-0.2, -0.15) is 0 Å². The number of nitrogens with zero attached hydrogens (tertiary/aromatic N) is 1. The molecule has 1 N–H and O–H groups in total. The Bertz CT molecular complexity index is 1200. The number of methoxy groups -OCH3 is 2. The van der Waals surface area contributed by atoms with E-state index in [2.05, 4.69) is 16.1 Å². The highest BCUT2D eigenvalue weighted by atomic mass is 16.5. The summed E-state index contributed by atoms with van der Waals surface area (Å²) in [7, 11) is 3.04. The average molecular weight is 445 g/mol. The molecule has 4 rings (SSSR count). The smallest absolute Gasteiger partial charge is 0.305 e. The van der Waals surface area contributed by atoms with Gasteiger partial charge in [0.15, 0.2) is 0 Å². The van der Waals surface area contributed by atoms with Gasteiger partial charge in [0.05, 0.1) is 31.0 Å². The number of rotatable bonds is 8. The van der Waals surface area contributed by atoms with E-state index in [-0.39, 0.29) is 11.9 Å². The van der Waals surface area contributed by atoms with E-state index >= 15 is 0 Å². The highest BCUT2D eigenvalue weighted by molar-refractivity contribution is 6.09. The van der Waals surface area contributed by atoms with Gasteiger partial charge in [0.1, 0.15) is 5.75 Å². The number of amides is 1. The van der Waals surface area contributed by atoms with E-state index in [0.29, 0.717) is 31.4 Å². The van der Waals surface area contributed by atoms with Gasteiger partial charge in [0, 0.05) is 18.4 Å². The Balaban J connectivity index is 1.60. The van der Waals surface area contributed by atoms with Crippen LogP contribution < -0.4 is 10.1 Å². The first-order chi connectivity index (χ1) is 16.1. The molecule has 6 heteroatoms. The standard InChI is InChI=1S/C27H28N2O4/c1-32-20-13-10-18(11-14-20)17-19-12-15-22-25(21-7-3-4-8-23(21)29-26(19)22)27(31)28-16-6-5-9-24(30)33-2/h3-4,7-8,10-11,13-14,17H,5-6,9,12,15-16H2,1-2H3,(H,28,31). The monoisotopic (exact) mass is 444 g/mol. The first-order valence-corrected chi connectivity index (χ1v) is 11.2. The number of allylic oxidation sites excluding steroid dienone is 1. The van der Waals surface area contributed by atoms with Crippen LogP contribution in [0, 0.1) is 0 Å². The Morgan fingerprint density at radius 2 is 1.82 bits per heavy atom. The van der Waals surface area contributed by atoms with Crippen molar-refractivity contribution in [3.8, 4) is 5.75 Å². The predicted molar refractivity (Wildman–Crippen MR) is 129 cm³/mol. The molecule has 1 aromatic heterocycles. The summed E-state index contributed by atoms with van der Waals surface area (Å²) in [4.78, 5) is 29.4. The van der Waals surface area contributed by atoms with Crippen molar-refractivity contribution >= 4 is 34.4 Å². The van der Waals surface area contributed by atoms with Crippen LogP contribution in [0.5, 0.6) is 5.75 Å². The van der Waals surface area contributed by atoms with Crippen LogP contribution in [0.3, 0.4) is 0 Å². The lowest BCUT2D eigenvalue weighted by Gasteiger charge is -2.13. The highest BCUT2D eigenvalue weighted by Gasteiger charge is 2.26. The molecule has 1 aliphatic carbocycles. The molecule has 1 aliphatic rings. The number of carbonyl (C=O) groups excluding carboxylic acids is 2. The fourth-order valence-corrected chi connectivity index (χ4v) is 4.23. The van der Waals surface area contributed by atoms with Gasteiger partial charge >= 0.3 is 5.97 Å². The number of hydrogen-bond donors (Lipinski definition) is 1. The molecule has 1 heterocycles. The van der Waals surface area contributed by atoms with Gasteiger partial charge in [0.2, 0.25) is 0 Å². The van der Waals surface area contributed by atoms with E-state index < -0.39 is 0 Å². The average Bonchev–Trinajstić information content (AvgIpc) is 3.24. The first-order valence-electron chi connectivity index (χ1n) is 11.2. The van der Waals surface area contributed by atoms with Crippen molar-refractivity contribution in [1.82, 2.24) is 10.3 Å². The quantitative estimate of drug-likeness (QED) is 0.399. The number of nitrogens with one attached hydrogen (secondary N) is 1. The molecule has 0 aliphatic heterocycles. The van der Waals surface area contributed by atoms with Crippen molar-refractivity contribution in [3.05, 3.63) is 70.9 Å². The van der Waals surface area contributed by atoms with Crippen molar-refractivity contribution in [2.45, 2.75) is 32.1 Å². The molecule has 1 amide bonds. The summed E-state index contributed by atoms with van der Waals surface area (Å²) in [6.45, 7) is 0.510. The lowest BCUT2D eigenvalue weighted by Crippen LogP contribution is -2.26. The number of pyridine rings is 1. The molecule has 0 radical (unpaired) electrons. The van der Waals surface area contributed by atoms with Crippen LogP contribution in [0.1, 0.15) is 52.9 Å². The zero-order valence-electron chi connectivity index (χ0n) is 19.0. The summed E-state index contributed by atoms with van der Waals surface area (Å²) in [6.07, 6.45) is 5.51. The Kier molecular flexibility index (Phi) is 7.03. The van der Waals surface area contributed by atoms with Gasteiger partial charge in [-0.3, -0.25) is 9.59 Å². The molecule has 0 fully saturated rings. The number of esters is 1. The molecule has 33 heavy (non-hydrogen) atoms. The minimum absolute atomic E-state index is 0.0892. The summed E-state index contributed by atoms with van der Waals surface area (Å²) < 4.78 is 9.92. The topological polar surface area (TPSA) is 77.5 Å². The van der Waals surface area contributed by atoms with Crippen molar-refractivity contribution in [3.63, 3.8) is 0 Å². The summed E-state index contributed by atoms with van der Waals surface area (Å²) >= 11 is 0. The normalized spacial score (nSPS) is 13.7. The third-order valence-electron chi connectivity index (χ3n) is 5.95. The Hall–Kier alpha value is -3.67. The summed E-state index contributed by atoms with van der Waals surface area (Å²) in [5.41, 5.74) is 5.63. The van der Waals surface area contributed by atoms with Gasteiger partial charge in [-0.1, -0.05) is 30.3 Å². The van der Waals surface area contributed by atoms with E-state index in [1.807, 2.05) is 48.5 Å². The first kappa shape index (κ1) is 22.5. The zero-order valence-corrected chi connectivity index (χ0v) is 19.0. The number of fused-ring (bicyclic) bond motifs is 2. The van der Waals surface area contributed by atoms with E-state index in [0.717, 1.165) is 51.9 Å². The maximum atomic E-state index is 13.2. The molecule has 0 atom stereocenters. The van der Waals surface area contributed by atoms with Crippen LogP contribution in [0.4, 0.5) is 0 Å². The van der Waals surface area contributed by atoms with Crippen LogP contribution in [-0.2, 0) is 16.0 Å². The second-order valence-electron chi connectivity index (χ2n) is 8.06. The van der Waals surface area contributed by atoms with Crippen LogP contribution >= 0.6 is 0 Å². The SMILES string of the molecule is COC(=O)CCCCNC(=O)c1c2c(nc3ccccc13)C(=Cc1ccc(OC)cc1)CC2. The molecule has 0 saturated carbocycles. The predicted octanol–water partition coefficient (Wildman–Crippen LogP) is 4.80. The summed E-state index contributed by atoms with van der Waals surface area (Å²) in [5, 5.41) is 3.91. The second kappa shape index (κ2) is 10.3. The third-order valence-corrected chi connectivity index (χ3v) is 5.95. The molecule has 3 aromatic rings. The number of hydrogen-bond acceptors (Lipinski definition) is 5. The van der Waals surface area contributed by atoms with Crippen molar-refractivity contribution in [1.29, 1.82) is 0 Å². The number of para-hydroxylation sites is 1. The maximum absolute atomic E-state index is 13.2. The van der Waals surface area contributed by atoms with Gasteiger partial charge in [0.25, 0.3) is 5.91 Å². The number of unbranched alkanes of at least 4 members (excludes halogenated alkanes) is 1. The van der Waals surface area contributed by atoms with Crippen LogP contribution in [0.25, 0.3) is 22.6 Å². The molecule has 170 valence electrons. The van der Waals surface area contributed by atoms with E-state index in [1.54, 1.807) is 7.11 Å². The molecule has 0 spiro atoms. The molecular formula is C27H28N2O4. The Morgan fingerprint density at radius 3 is 2.58 bits per heavy atom. The number of benzene rings is 2. The highest BCUT2D eigenvalue weighted by Crippen LogP contribution is 2.37. The minimum Gasteiger partial charge on any atom is -0.497 e. The number of carbonyl (C=O) groups is 2. The Labute approximate surface area is 193 Å². The fraction of sp³-hybridized carbons (Fsp3) is 0.296. The van der Waals surface area contributed by atoms with Gasteiger partial charge in [-0.15, -0.1) is 0 Å². The van der Waals surface area contributed by atoms with E-state index in [9.17, 15) is 9.59 Å². The summed E-state index contributed by atoms with van der Waals surface area (Å²) in [6, 6.07) is 15.7. The van der Waals surface area contributed by atoms with Crippen LogP contribution in [0.15, 0.2) is 48.5 Å². The molecule has 0 saturated heterocycles. The van der Waals surface area contributed by atoms with E-state index in [1.165, 1.54) is 7.11 Å². The van der Waals surface area contributed by atoms with Crippen molar-refractivity contribution in [2.24, 2.45) is 0 Å². The number of aromatic nitrogens is 1. The van der Waals surface area contributed by atoms with Crippen molar-refractivity contribution < 1.29 is 19.1 Å². The Morgan fingerprint density at radius 1 is 1.03 bits per heavy atom. The minimum atomic E-state index is -0.226. The molecule has 0 unspecified atom stereocenters. The van der Waals surface area contributed by atoms with E-state index in [4.69, 9.17) is 9.72 Å². The fourth-order valence-electron chi connectivity index (χ4n) is 4.23. The van der Waals surface area contributed by atoms with Crippen molar-refractivity contribution in [2.75, 3.05) is 20.8 Å². The summed E-state index contributed by atoms with van der Waals surface area (Å²) in [5.74, 6) is 0.503. The van der Waals surface area contributed by atoms with Gasteiger partial charge < -0.3 is 14.8 Å². The number of ether oxygens (including phenoxy) is 2. The maximum Gasteiger partial charge on any atom is 0.305 e. The molecular weight excluding hydrogens is 416 g/mol. The lowest BCUT2D eigenvalue weighted by molar-refractivity contribution is -0.140. The second-order valence-corrected chi connectivity index (χ2v) is 8.06. The van der Waals surface area contributed by atoms with Crippen LogP contribution in [0.2, 0.25) is 0 Å². The molecule has 2 aromatic carbocycles. The zero-order chi connectivity index (χ0) is 23.2. The molecule has 6 nitrogen and oxygen atoms in total. The lowest BCUT2D eigenvalue weighted by atomic mass is 10.00. The third kappa shape index (κ3) is 5.06. The van der Waals surface area contributed by atoms with Crippen LogP contribution in [-0.4, -0.2) is 37.6 Å². The molecule has 0 bridgehead atoms. The largest absolute Gasteiger partial charge is 0.497 e. The van der Waals surface area contributed by atoms with Gasteiger partial charge in [-0.25, -0.2) is 4.98 Å². The van der Waals surface area contributed by atoms with Gasteiger partial charge in [-0.05, 0) is 66.7 Å².